The molecule has 0 aliphatic rings. The van der Waals surface area contributed by atoms with Gasteiger partial charge in [-0.3, -0.25) is 4.79 Å². The number of para-hydroxylation sites is 1. The maximum atomic E-state index is 12.8. The Labute approximate surface area is 165 Å². The van der Waals surface area contributed by atoms with Crippen molar-refractivity contribution in [3.8, 4) is 0 Å². The summed E-state index contributed by atoms with van der Waals surface area (Å²) in [6.45, 7) is 4.57. The molecular formula is C25H24N2O. The first kappa shape index (κ1) is 18.1. The summed E-state index contributed by atoms with van der Waals surface area (Å²) >= 11 is 0. The van der Waals surface area contributed by atoms with Gasteiger partial charge < -0.3 is 10.3 Å². The van der Waals surface area contributed by atoms with Crippen LogP contribution in [-0.2, 0) is 0 Å². The van der Waals surface area contributed by atoms with E-state index in [1.807, 2.05) is 50.2 Å². The second kappa shape index (κ2) is 7.73. The van der Waals surface area contributed by atoms with Gasteiger partial charge in [-0.15, -0.1) is 0 Å². The van der Waals surface area contributed by atoms with Gasteiger partial charge in [-0.25, -0.2) is 0 Å². The van der Waals surface area contributed by atoms with Gasteiger partial charge in [0.2, 0.25) is 0 Å². The molecule has 1 heterocycles. The van der Waals surface area contributed by atoms with Crippen molar-refractivity contribution in [1.29, 1.82) is 0 Å². The molecule has 1 unspecified atom stereocenters. The molecule has 2 N–H and O–H groups in total. The van der Waals surface area contributed by atoms with Crippen molar-refractivity contribution >= 4 is 16.8 Å². The van der Waals surface area contributed by atoms with E-state index < -0.39 is 0 Å². The van der Waals surface area contributed by atoms with E-state index in [9.17, 15) is 4.79 Å². The predicted octanol–water partition coefficient (Wildman–Crippen LogP) is 5.35. The fourth-order valence-electron chi connectivity index (χ4n) is 3.88. The number of rotatable bonds is 5. The standard InChI is InChI=1S/C25H24N2O/c1-17-12-18(2)14-20(13-17)25(28)27-15-22(19-8-4-3-5-9-19)23-16-26-24-11-7-6-10-21(23)24/h3-14,16,22,26H,15H2,1-2H3,(H,27,28). The molecule has 3 aromatic carbocycles. The number of benzene rings is 3. The highest BCUT2D eigenvalue weighted by atomic mass is 16.1. The molecule has 1 amide bonds. The molecule has 0 saturated carbocycles. The molecule has 140 valence electrons. The van der Waals surface area contributed by atoms with Crippen molar-refractivity contribution in [3.05, 3.63) is 107 Å². The van der Waals surface area contributed by atoms with Gasteiger partial charge in [0.05, 0.1) is 0 Å². The number of hydrogen-bond acceptors (Lipinski definition) is 1. The molecular weight excluding hydrogens is 344 g/mol. The largest absolute Gasteiger partial charge is 0.361 e. The number of carbonyl (C=O) groups is 1. The first-order chi connectivity index (χ1) is 13.6. The summed E-state index contributed by atoms with van der Waals surface area (Å²) in [5, 5.41) is 4.34. The summed E-state index contributed by atoms with van der Waals surface area (Å²) in [5.74, 6) is 0.0415. The SMILES string of the molecule is Cc1cc(C)cc(C(=O)NCC(c2ccccc2)c2c[nH]c3ccccc23)c1. The maximum absolute atomic E-state index is 12.8. The first-order valence-electron chi connectivity index (χ1n) is 9.59. The molecule has 4 rings (SSSR count). The van der Waals surface area contributed by atoms with E-state index in [0.717, 1.165) is 16.6 Å². The number of nitrogens with one attached hydrogen (secondary N) is 2. The lowest BCUT2D eigenvalue weighted by molar-refractivity contribution is 0.0952. The molecule has 0 saturated heterocycles. The van der Waals surface area contributed by atoms with E-state index >= 15 is 0 Å². The van der Waals surface area contributed by atoms with Crippen molar-refractivity contribution in [2.75, 3.05) is 6.54 Å². The number of aromatic amines is 1. The van der Waals surface area contributed by atoms with Gasteiger partial charge in [0, 0.05) is 35.1 Å². The zero-order chi connectivity index (χ0) is 19.5. The normalized spacial score (nSPS) is 12.1. The summed E-state index contributed by atoms with van der Waals surface area (Å²) in [5.41, 5.74) is 6.40. The van der Waals surface area contributed by atoms with Crippen LogP contribution >= 0.6 is 0 Å². The molecule has 0 spiro atoms. The highest BCUT2D eigenvalue weighted by Crippen LogP contribution is 2.30. The van der Waals surface area contributed by atoms with Crippen LogP contribution in [0.3, 0.4) is 0 Å². The lowest BCUT2D eigenvalue weighted by Gasteiger charge is -2.18. The molecule has 0 aliphatic heterocycles. The van der Waals surface area contributed by atoms with Gasteiger partial charge in [0.25, 0.3) is 5.91 Å². The Morgan fingerprint density at radius 3 is 2.36 bits per heavy atom. The van der Waals surface area contributed by atoms with E-state index in [1.54, 1.807) is 0 Å². The van der Waals surface area contributed by atoms with Crippen LogP contribution in [0.4, 0.5) is 0 Å². The van der Waals surface area contributed by atoms with Crippen molar-refractivity contribution in [3.63, 3.8) is 0 Å². The molecule has 1 aromatic heterocycles. The summed E-state index contributed by atoms with van der Waals surface area (Å²) in [6.07, 6.45) is 2.06. The zero-order valence-electron chi connectivity index (χ0n) is 16.2. The van der Waals surface area contributed by atoms with Crippen molar-refractivity contribution < 1.29 is 4.79 Å². The Morgan fingerprint density at radius 1 is 0.929 bits per heavy atom. The molecule has 4 aromatic rings. The van der Waals surface area contributed by atoms with Crippen LogP contribution in [0.25, 0.3) is 10.9 Å². The van der Waals surface area contributed by atoms with E-state index in [0.29, 0.717) is 12.1 Å². The van der Waals surface area contributed by atoms with Gasteiger partial charge in [0.1, 0.15) is 0 Å². The summed E-state index contributed by atoms with van der Waals surface area (Å²) in [6, 6.07) is 24.6. The van der Waals surface area contributed by atoms with Crippen LogP contribution in [0.1, 0.15) is 38.5 Å². The molecule has 1 atom stereocenters. The third-order valence-corrected chi connectivity index (χ3v) is 5.15. The fraction of sp³-hybridized carbons (Fsp3) is 0.160. The summed E-state index contributed by atoms with van der Waals surface area (Å²) in [4.78, 5) is 16.2. The topological polar surface area (TPSA) is 44.9 Å². The highest BCUT2D eigenvalue weighted by molar-refractivity contribution is 5.94. The van der Waals surface area contributed by atoms with Crippen LogP contribution in [0.2, 0.25) is 0 Å². The van der Waals surface area contributed by atoms with Crippen LogP contribution in [-0.4, -0.2) is 17.4 Å². The number of aryl methyl sites for hydroxylation is 2. The first-order valence-corrected chi connectivity index (χ1v) is 9.59. The van der Waals surface area contributed by atoms with Crippen LogP contribution in [0.15, 0.2) is 79.0 Å². The fourth-order valence-corrected chi connectivity index (χ4v) is 3.88. The van der Waals surface area contributed by atoms with Gasteiger partial charge in [-0.2, -0.15) is 0 Å². The average Bonchev–Trinajstić information content (AvgIpc) is 3.12. The third-order valence-electron chi connectivity index (χ3n) is 5.15. The van der Waals surface area contributed by atoms with Gasteiger partial charge in [-0.05, 0) is 43.2 Å². The molecule has 0 bridgehead atoms. The lowest BCUT2D eigenvalue weighted by atomic mass is 9.91. The van der Waals surface area contributed by atoms with Crippen LogP contribution < -0.4 is 5.32 Å². The number of amides is 1. The Balaban J connectivity index is 1.64. The van der Waals surface area contributed by atoms with E-state index in [1.165, 1.54) is 16.5 Å². The van der Waals surface area contributed by atoms with Gasteiger partial charge in [0.15, 0.2) is 0 Å². The number of hydrogen-bond donors (Lipinski definition) is 2. The zero-order valence-corrected chi connectivity index (χ0v) is 16.2. The molecule has 0 aliphatic carbocycles. The van der Waals surface area contributed by atoms with Gasteiger partial charge in [-0.1, -0.05) is 65.7 Å². The van der Waals surface area contributed by atoms with E-state index in [4.69, 9.17) is 0 Å². The third kappa shape index (κ3) is 3.70. The molecule has 0 radical (unpaired) electrons. The van der Waals surface area contributed by atoms with E-state index in [2.05, 4.69) is 52.9 Å². The van der Waals surface area contributed by atoms with Crippen molar-refractivity contribution in [2.24, 2.45) is 0 Å². The smallest absolute Gasteiger partial charge is 0.251 e. The number of carbonyl (C=O) groups excluding carboxylic acids is 1. The number of aromatic nitrogens is 1. The molecule has 28 heavy (non-hydrogen) atoms. The number of H-pyrrole nitrogens is 1. The quantitative estimate of drug-likeness (QED) is 0.490. The Morgan fingerprint density at radius 2 is 1.61 bits per heavy atom. The second-order valence-electron chi connectivity index (χ2n) is 7.34. The monoisotopic (exact) mass is 368 g/mol. The predicted molar refractivity (Wildman–Crippen MR) is 115 cm³/mol. The van der Waals surface area contributed by atoms with Crippen molar-refractivity contribution in [1.82, 2.24) is 10.3 Å². The van der Waals surface area contributed by atoms with E-state index in [-0.39, 0.29) is 11.8 Å². The van der Waals surface area contributed by atoms with Crippen LogP contribution in [0, 0.1) is 13.8 Å². The molecule has 3 nitrogen and oxygen atoms in total. The Bertz CT molecular complexity index is 1090. The molecule has 3 heteroatoms. The van der Waals surface area contributed by atoms with Gasteiger partial charge >= 0.3 is 0 Å². The minimum atomic E-state index is -0.0347. The number of fused-ring (bicyclic) bond motifs is 1. The highest BCUT2D eigenvalue weighted by Gasteiger charge is 2.19. The molecule has 0 fully saturated rings. The van der Waals surface area contributed by atoms with Crippen LogP contribution in [0.5, 0.6) is 0 Å². The minimum Gasteiger partial charge on any atom is -0.361 e. The second-order valence-corrected chi connectivity index (χ2v) is 7.34. The summed E-state index contributed by atoms with van der Waals surface area (Å²) < 4.78 is 0. The van der Waals surface area contributed by atoms with Crippen molar-refractivity contribution in [2.45, 2.75) is 19.8 Å². The average molecular weight is 368 g/mol. The summed E-state index contributed by atoms with van der Waals surface area (Å²) in [7, 11) is 0. The maximum Gasteiger partial charge on any atom is 0.251 e. The lowest BCUT2D eigenvalue weighted by Crippen LogP contribution is -2.29. The minimum absolute atomic E-state index is 0.0347. The Kier molecular flexibility index (Phi) is 4.98. The Hall–Kier alpha value is -3.33.